The van der Waals surface area contributed by atoms with Gasteiger partial charge in [0.2, 0.25) is 0 Å². The summed E-state index contributed by atoms with van der Waals surface area (Å²) in [6.45, 7) is 9.58. The van der Waals surface area contributed by atoms with Crippen molar-refractivity contribution in [1.82, 2.24) is 4.31 Å². The Labute approximate surface area is 156 Å². The van der Waals surface area contributed by atoms with E-state index in [0.717, 1.165) is 21.1 Å². The Morgan fingerprint density at radius 2 is 1.69 bits per heavy atom. The number of rotatable bonds is 7. The Balaban J connectivity index is 0.000000577. The Morgan fingerprint density at radius 3 is 2.04 bits per heavy atom. The summed E-state index contributed by atoms with van der Waals surface area (Å²) in [7, 11) is -4.23. The van der Waals surface area contributed by atoms with E-state index in [2.05, 4.69) is 4.18 Å². The number of aryl methyl sites for hydroxylation is 2. The van der Waals surface area contributed by atoms with Crippen LogP contribution >= 0.6 is 0 Å². The molecule has 0 radical (unpaired) electrons. The molecule has 0 amide bonds. The highest BCUT2D eigenvalue weighted by atomic mass is 32.2. The van der Waals surface area contributed by atoms with Crippen LogP contribution in [-0.4, -0.2) is 49.3 Å². The Bertz CT molecular complexity index is 654. The highest BCUT2D eigenvalue weighted by molar-refractivity contribution is 7.84. The summed E-state index contributed by atoms with van der Waals surface area (Å²) in [5, 5.41) is 8.45. The summed E-state index contributed by atoms with van der Waals surface area (Å²) in [6, 6.07) is 5.62. The van der Waals surface area contributed by atoms with Crippen LogP contribution in [0.15, 0.2) is 18.2 Å². The van der Waals surface area contributed by atoms with Crippen LogP contribution in [0, 0.1) is 13.8 Å². The first-order valence-corrected chi connectivity index (χ1v) is 9.57. The number of benzene rings is 1. The van der Waals surface area contributed by atoms with Crippen LogP contribution in [0.1, 0.15) is 38.8 Å². The lowest BCUT2D eigenvalue weighted by Gasteiger charge is -2.24. The van der Waals surface area contributed by atoms with Crippen molar-refractivity contribution in [2.75, 3.05) is 19.1 Å². The smallest absolute Gasteiger partial charge is 0.389 e. The van der Waals surface area contributed by atoms with Crippen LogP contribution in [0.5, 0.6) is 0 Å². The van der Waals surface area contributed by atoms with E-state index in [-0.39, 0.29) is 12.8 Å². The predicted molar refractivity (Wildman–Crippen MR) is 100 cm³/mol. The van der Waals surface area contributed by atoms with Gasteiger partial charge in [0.15, 0.2) is 0 Å². The standard InChI is InChI=1S/C9H19NO6S.C8H11N/c1-7(2)10(6-15-8(3)4)17(13,14)16-9(12)5-11;1-6-4-3-5-7(2)8(6)9/h7-8,11H,5-6H2,1-4H3;3-5H,9H2,1-2H3. The van der Waals surface area contributed by atoms with E-state index < -0.39 is 28.9 Å². The summed E-state index contributed by atoms with van der Waals surface area (Å²) in [5.41, 5.74) is 8.92. The quantitative estimate of drug-likeness (QED) is 0.537. The molecule has 0 spiro atoms. The molecule has 0 bridgehead atoms. The summed E-state index contributed by atoms with van der Waals surface area (Å²) < 4.78 is 33.5. The molecule has 0 fully saturated rings. The topological polar surface area (TPSA) is 119 Å². The number of nitrogen functional groups attached to an aromatic ring is 1. The van der Waals surface area contributed by atoms with E-state index in [1.54, 1.807) is 27.7 Å². The molecule has 3 N–H and O–H groups in total. The molecule has 1 aromatic rings. The fourth-order valence-corrected chi connectivity index (χ4v) is 2.80. The first kappa shape index (κ1) is 24.3. The third-order valence-corrected chi connectivity index (χ3v) is 4.77. The number of nitrogens with two attached hydrogens (primary N) is 1. The number of carbonyl (C=O) groups excluding carboxylic acids is 1. The van der Waals surface area contributed by atoms with Gasteiger partial charge in [-0.1, -0.05) is 18.2 Å². The fraction of sp³-hybridized carbons (Fsp3) is 0.588. The largest absolute Gasteiger partial charge is 0.398 e. The average molecular weight is 391 g/mol. The number of hydrogen-bond donors (Lipinski definition) is 2. The minimum Gasteiger partial charge on any atom is -0.398 e. The Kier molecular flexibility index (Phi) is 10.4. The third kappa shape index (κ3) is 8.61. The van der Waals surface area contributed by atoms with E-state index in [0.29, 0.717) is 0 Å². The van der Waals surface area contributed by atoms with Gasteiger partial charge in [-0.2, -0.15) is 8.42 Å². The lowest BCUT2D eigenvalue weighted by Crippen LogP contribution is -2.41. The summed E-state index contributed by atoms with van der Waals surface area (Å²) in [4.78, 5) is 10.8. The van der Waals surface area contributed by atoms with E-state index in [9.17, 15) is 13.2 Å². The van der Waals surface area contributed by atoms with E-state index in [1.807, 2.05) is 32.0 Å². The number of hydrogen-bond acceptors (Lipinski definition) is 7. The first-order chi connectivity index (χ1) is 11.9. The maximum absolute atomic E-state index is 11.6. The van der Waals surface area contributed by atoms with Crippen molar-refractivity contribution in [3.63, 3.8) is 0 Å². The van der Waals surface area contributed by atoms with Crippen molar-refractivity contribution in [2.45, 2.75) is 53.7 Å². The maximum Gasteiger partial charge on any atom is 0.389 e. The number of para-hydroxylation sites is 1. The summed E-state index contributed by atoms with van der Waals surface area (Å²) >= 11 is 0. The summed E-state index contributed by atoms with van der Waals surface area (Å²) in [5.74, 6) is -1.22. The number of nitrogens with zero attached hydrogens (tertiary/aromatic N) is 1. The van der Waals surface area contributed by atoms with Crippen LogP contribution in [0.2, 0.25) is 0 Å². The second-order valence-corrected chi connectivity index (χ2v) is 7.69. The Morgan fingerprint density at radius 1 is 1.19 bits per heavy atom. The molecular formula is C17H30N2O6S. The maximum atomic E-state index is 11.6. The zero-order valence-electron chi connectivity index (χ0n) is 16.2. The molecule has 0 heterocycles. The first-order valence-electron chi connectivity index (χ1n) is 8.20. The predicted octanol–water partition coefficient (Wildman–Crippen LogP) is 1.75. The SMILES string of the molecule is CC(C)OCN(C(C)C)S(=O)(=O)OC(=O)CO.Cc1cccc(C)c1N. The van der Waals surface area contributed by atoms with Gasteiger partial charge >= 0.3 is 16.3 Å². The molecule has 26 heavy (non-hydrogen) atoms. The van der Waals surface area contributed by atoms with Crippen molar-refractivity contribution in [1.29, 1.82) is 0 Å². The van der Waals surface area contributed by atoms with Gasteiger partial charge in [-0.05, 0) is 52.7 Å². The molecule has 0 saturated heterocycles. The third-order valence-electron chi connectivity index (χ3n) is 3.27. The van der Waals surface area contributed by atoms with Crippen molar-refractivity contribution in [3.8, 4) is 0 Å². The minimum absolute atomic E-state index is 0.153. The molecule has 1 aromatic carbocycles. The molecule has 0 aliphatic rings. The fourth-order valence-electron chi connectivity index (χ4n) is 1.71. The van der Waals surface area contributed by atoms with Gasteiger partial charge in [0.25, 0.3) is 0 Å². The lowest BCUT2D eigenvalue weighted by atomic mass is 10.1. The molecule has 0 aromatic heterocycles. The van der Waals surface area contributed by atoms with E-state index >= 15 is 0 Å². The number of ether oxygens (including phenoxy) is 1. The van der Waals surface area contributed by atoms with Crippen LogP contribution in [-0.2, 0) is 24.0 Å². The van der Waals surface area contributed by atoms with Gasteiger partial charge < -0.3 is 19.8 Å². The molecular weight excluding hydrogens is 360 g/mol. The summed E-state index contributed by atoms with van der Waals surface area (Å²) in [6.07, 6.45) is -0.153. The number of carbonyl (C=O) groups is 1. The van der Waals surface area contributed by atoms with Crippen LogP contribution in [0.4, 0.5) is 5.69 Å². The Hall–Kier alpha value is -1.68. The van der Waals surface area contributed by atoms with Crippen molar-refractivity contribution >= 4 is 22.0 Å². The normalized spacial score (nSPS) is 11.5. The van der Waals surface area contributed by atoms with Crippen molar-refractivity contribution in [2.24, 2.45) is 0 Å². The van der Waals surface area contributed by atoms with Gasteiger partial charge in [-0.15, -0.1) is 4.31 Å². The van der Waals surface area contributed by atoms with Crippen molar-refractivity contribution in [3.05, 3.63) is 29.3 Å². The van der Waals surface area contributed by atoms with Gasteiger partial charge in [0, 0.05) is 11.7 Å². The molecule has 9 heteroatoms. The van der Waals surface area contributed by atoms with Gasteiger partial charge in [-0.3, -0.25) is 0 Å². The molecule has 0 atom stereocenters. The molecule has 0 aliphatic heterocycles. The molecule has 0 unspecified atom stereocenters. The van der Waals surface area contributed by atoms with Gasteiger partial charge in [0.1, 0.15) is 13.3 Å². The van der Waals surface area contributed by atoms with Gasteiger partial charge in [0.05, 0.1) is 6.10 Å². The van der Waals surface area contributed by atoms with E-state index in [1.165, 1.54) is 0 Å². The molecule has 0 aliphatic carbocycles. The zero-order chi connectivity index (χ0) is 20.5. The van der Waals surface area contributed by atoms with Crippen molar-refractivity contribution < 1.29 is 27.2 Å². The second-order valence-electron chi connectivity index (χ2n) is 6.20. The molecule has 1 rings (SSSR count). The zero-order valence-corrected chi connectivity index (χ0v) is 17.0. The molecule has 150 valence electrons. The second kappa shape index (κ2) is 11.1. The average Bonchev–Trinajstić information content (AvgIpc) is 2.51. The van der Waals surface area contributed by atoms with Crippen LogP contribution in [0.3, 0.4) is 0 Å². The molecule has 0 saturated carbocycles. The van der Waals surface area contributed by atoms with Crippen LogP contribution < -0.4 is 5.73 Å². The number of anilines is 1. The highest BCUT2D eigenvalue weighted by Crippen LogP contribution is 2.14. The highest BCUT2D eigenvalue weighted by Gasteiger charge is 2.29. The number of aliphatic hydroxyl groups is 1. The lowest BCUT2D eigenvalue weighted by molar-refractivity contribution is -0.137. The molecule has 8 nitrogen and oxygen atoms in total. The van der Waals surface area contributed by atoms with Crippen LogP contribution in [0.25, 0.3) is 0 Å². The van der Waals surface area contributed by atoms with Gasteiger partial charge in [-0.25, -0.2) is 4.79 Å². The minimum atomic E-state index is -4.23. The van der Waals surface area contributed by atoms with E-state index in [4.69, 9.17) is 15.6 Å². The monoisotopic (exact) mass is 390 g/mol. The number of aliphatic hydroxyl groups excluding tert-OH is 1.